The third-order valence-corrected chi connectivity index (χ3v) is 5.01. The van der Waals surface area contributed by atoms with E-state index in [2.05, 4.69) is 0 Å². The number of carbonyl (C=O) groups excluding carboxylic acids is 1. The second-order valence-corrected chi connectivity index (χ2v) is 8.00. The summed E-state index contributed by atoms with van der Waals surface area (Å²) in [5.41, 5.74) is -0.586. The molecule has 0 bridgehead atoms. The van der Waals surface area contributed by atoms with Crippen LogP contribution in [0.5, 0.6) is 0 Å². The van der Waals surface area contributed by atoms with Crippen LogP contribution in [-0.4, -0.2) is 46.8 Å². The Bertz CT molecular complexity index is 413. The molecule has 0 radical (unpaired) electrons. The number of aliphatic hydroxyl groups is 1. The molecule has 4 nitrogen and oxygen atoms in total. The number of rotatable bonds is 2. The Morgan fingerprint density at radius 3 is 2.30 bits per heavy atom. The van der Waals surface area contributed by atoms with Gasteiger partial charge in [-0.25, -0.2) is 13.6 Å². The number of alkyl halides is 2. The molecule has 1 heterocycles. The van der Waals surface area contributed by atoms with Crippen molar-refractivity contribution in [1.82, 2.24) is 4.90 Å². The zero-order valence-corrected chi connectivity index (χ0v) is 14.4. The van der Waals surface area contributed by atoms with Crippen LogP contribution in [0.25, 0.3) is 0 Å². The minimum absolute atomic E-state index is 0.0516. The lowest BCUT2D eigenvalue weighted by Gasteiger charge is -2.43. The average molecular weight is 333 g/mol. The molecule has 1 amide bonds. The van der Waals surface area contributed by atoms with Gasteiger partial charge in [0.05, 0.1) is 12.6 Å². The Labute approximate surface area is 137 Å². The molecule has 0 aromatic heterocycles. The van der Waals surface area contributed by atoms with Crippen LogP contribution in [-0.2, 0) is 4.74 Å². The molecule has 2 aliphatic rings. The quantitative estimate of drug-likeness (QED) is 0.836. The number of ether oxygens (including phenoxy) is 1. The highest BCUT2D eigenvalue weighted by Gasteiger charge is 2.41. The summed E-state index contributed by atoms with van der Waals surface area (Å²) in [5.74, 6) is -2.07. The first-order chi connectivity index (χ1) is 10.6. The van der Waals surface area contributed by atoms with Crippen molar-refractivity contribution in [2.75, 3.05) is 13.2 Å². The molecule has 1 aliphatic carbocycles. The first kappa shape index (κ1) is 18.4. The first-order valence-electron chi connectivity index (χ1n) is 8.59. The van der Waals surface area contributed by atoms with Crippen molar-refractivity contribution in [3.8, 4) is 0 Å². The Morgan fingerprint density at radius 2 is 1.78 bits per heavy atom. The predicted molar refractivity (Wildman–Crippen MR) is 83.4 cm³/mol. The second-order valence-electron chi connectivity index (χ2n) is 8.00. The molecule has 0 aromatic rings. The monoisotopic (exact) mass is 333 g/mol. The van der Waals surface area contributed by atoms with Crippen molar-refractivity contribution in [3.63, 3.8) is 0 Å². The predicted octanol–water partition coefficient (Wildman–Crippen LogP) is 3.82. The van der Waals surface area contributed by atoms with Gasteiger partial charge in [0.25, 0.3) is 0 Å². The van der Waals surface area contributed by atoms with Crippen LogP contribution in [0.2, 0.25) is 0 Å². The Morgan fingerprint density at radius 1 is 1.17 bits per heavy atom. The molecule has 2 atom stereocenters. The topological polar surface area (TPSA) is 49.8 Å². The highest BCUT2D eigenvalue weighted by Crippen LogP contribution is 2.42. The highest BCUT2D eigenvalue weighted by molar-refractivity contribution is 5.68. The second kappa shape index (κ2) is 6.91. The zero-order chi connectivity index (χ0) is 17.3. The van der Waals surface area contributed by atoms with Gasteiger partial charge in [-0.15, -0.1) is 0 Å². The van der Waals surface area contributed by atoms with Gasteiger partial charge < -0.3 is 14.7 Å². The fourth-order valence-electron chi connectivity index (χ4n) is 3.71. The van der Waals surface area contributed by atoms with Crippen LogP contribution in [0, 0.1) is 11.8 Å². The fourth-order valence-corrected chi connectivity index (χ4v) is 3.71. The van der Waals surface area contributed by atoms with E-state index >= 15 is 0 Å². The molecule has 2 unspecified atom stereocenters. The molecule has 134 valence electrons. The molecule has 23 heavy (non-hydrogen) atoms. The smallest absolute Gasteiger partial charge is 0.410 e. The number of halogens is 2. The molecule has 1 aliphatic heterocycles. The summed E-state index contributed by atoms with van der Waals surface area (Å²) in [4.78, 5) is 14.0. The van der Waals surface area contributed by atoms with E-state index in [0.29, 0.717) is 25.8 Å². The number of hydrogen-bond acceptors (Lipinski definition) is 3. The van der Waals surface area contributed by atoms with Crippen LogP contribution < -0.4 is 0 Å². The summed E-state index contributed by atoms with van der Waals surface area (Å²) < 4.78 is 32.1. The Kier molecular flexibility index (Phi) is 5.54. The van der Waals surface area contributed by atoms with Gasteiger partial charge in [0.15, 0.2) is 0 Å². The zero-order valence-electron chi connectivity index (χ0n) is 14.4. The molecule has 0 aromatic carbocycles. The molecule has 1 saturated heterocycles. The van der Waals surface area contributed by atoms with Crippen LogP contribution >= 0.6 is 0 Å². The van der Waals surface area contributed by atoms with Crippen molar-refractivity contribution < 1.29 is 23.4 Å². The van der Waals surface area contributed by atoms with Crippen molar-refractivity contribution in [2.24, 2.45) is 11.8 Å². The van der Waals surface area contributed by atoms with Gasteiger partial charge in [0, 0.05) is 19.4 Å². The maximum atomic E-state index is 13.3. The Hall–Kier alpha value is -0.910. The van der Waals surface area contributed by atoms with E-state index in [1.807, 2.05) is 20.8 Å². The number of hydrogen-bond donors (Lipinski definition) is 1. The molecular weight excluding hydrogens is 304 g/mol. The highest BCUT2D eigenvalue weighted by atomic mass is 19.3. The van der Waals surface area contributed by atoms with Gasteiger partial charge in [0.1, 0.15) is 5.60 Å². The van der Waals surface area contributed by atoms with Crippen LogP contribution in [0.1, 0.15) is 59.3 Å². The molecule has 1 saturated carbocycles. The summed E-state index contributed by atoms with van der Waals surface area (Å²) in [6, 6.07) is -0.230. The van der Waals surface area contributed by atoms with Gasteiger partial charge in [-0.3, -0.25) is 0 Å². The van der Waals surface area contributed by atoms with E-state index in [1.54, 1.807) is 4.90 Å². The third-order valence-electron chi connectivity index (χ3n) is 5.01. The number of carbonyl (C=O) groups is 1. The summed E-state index contributed by atoms with van der Waals surface area (Å²) in [6.07, 6.45) is 2.09. The number of aliphatic hydroxyl groups excluding tert-OH is 1. The van der Waals surface area contributed by atoms with E-state index in [1.165, 1.54) is 0 Å². The molecule has 1 N–H and O–H groups in total. The van der Waals surface area contributed by atoms with E-state index < -0.39 is 17.6 Å². The summed E-state index contributed by atoms with van der Waals surface area (Å²) >= 11 is 0. The maximum Gasteiger partial charge on any atom is 0.410 e. The largest absolute Gasteiger partial charge is 0.444 e. The molecule has 2 rings (SSSR count). The van der Waals surface area contributed by atoms with Gasteiger partial charge in [0.2, 0.25) is 5.92 Å². The van der Waals surface area contributed by atoms with Gasteiger partial charge in [-0.1, -0.05) is 0 Å². The van der Waals surface area contributed by atoms with Crippen molar-refractivity contribution in [1.29, 1.82) is 0 Å². The maximum absolute atomic E-state index is 13.3. The van der Waals surface area contributed by atoms with Gasteiger partial charge >= 0.3 is 6.09 Å². The standard InChI is InChI=1S/C17H29F2NO3/c1-16(2,3)23-15(22)20-10-13(4-5-14(20)11-21)12-6-8-17(18,19)9-7-12/h12-14,21H,4-11H2,1-3H3. The lowest BCUT2D eigenvalue weighted by Crippen LogP contribution is -2.51. The third kappa shape index (κ3) is 5.03. The van der Waals surface area contributed by atoms with E-state index in [4.69, 9.17) is 4.74 Å². The SMILES string of the molecule is CC(C)(C)OC(=O)N1CC(C2CCC(F)(F)CC2)CCC1CO. The lowest BCUT2D eigenvalue weighted by molar-refractivity contribution is -0.0617. The lowest BCUT2D eigenvalue weighted by atomic mass is 9.74. The van der Waals surface area contributed by atoms with Gasteiger partial charge in [-0.2, -0.15) is 0 Å². The normalized spacial score (nSPS) is 29.4. The molecule has 0 spiro atoms. The molecular formula is C17H29F2NO3. The average Bonchev–Trinajstić information content (AvgIpc) is 2.45. The summed E-state index contributed by atoms with van der Waals surface area (Å²) in [5, 5.41) is 9.53. The fraction of sp³-hybridized carbons (Fsp3) is 0.941. The van der Waals surface area contributed by atoms with E-state index in [-0.39, 0.29) is 37.3 Å². The van der Waals surface area contributed by atoms with Crippen molar-refractivity contribution in [2.45, 2.75) is 76.9 Å². The van der Waals surface area contributed by atoms with Crippen LogP contribution in [0.4, 0.5) is 13.6 Å². The van der Waals surface area contributed by atoms with Crippen LogP contribution in [0.3, 0.4) is 0 Å². The summed E-state index contributed by atoms with van der Waals surface area (Å²) in [6.45, 7) is 5.83. The number of amides is 1. The van der Waals surface area contributed by atoms with E-state index in [0.717, 1.165) is 6.42 Å². The van der Waals surface area contributed by atoms with Crippen molar-refractivity contribution in [3.05, 3.63) is 0 Å². The number of likely N-dealkylation sites (tertiary alicyclic amines) is 1. The van der Waals surface area contributed by atoms with Crippen LogP contribution in [0.15, 0.2) is 0 Å². The molecule has 2 fully saturated rings. The number of piperidine rings is 1. The van der Waals surface area contributed by atoms with Gasteiger partial charge in [-0.05, 0) is 58.3 Å². The van der Waals surface area contributed by atoms with Crippen molar-refractivity contribution >= 4 is 6.09 Å². The Balaban J connectivity index is 1.99. The number of nitrogens with zero attached hydrogens (tertiary/aromatic N) is 1. The first-order valence-corrected chi connectivity index (χ1v) is 8.59. The minimum atomic E-state index is -2.52. The summed E-state index contributed by atoms with van der Waals surface area (Å²) in [7, 11) is 0. The van der Waals surface area contributed by atoms with E-state index in [9.17, 15) is 18.7 Å². The molecule has 6 heteroatoms. The minimum Gasteiger partial charge on any atom is -0.444 e.